The van der Waals surface area contributed by atoms with Crippen molar-refractivity contribution in [3.8, 4) is 0 Å². The Morgan fingerprint density at radius 3 is 2.47 bits per heavy atom. The van der Waals surface area contributed by atoms with Gasteiger partial charge in [0, 0.05) is 17.3 Å². The number of rotatable bonds is 5. The molecule has 1 aromatic rings. The number of hydrogen-bond donors (Lipinski definition) is 1. The van der Waals surface area contributed by atoms with Gasteiger partial charge >= 0.3 is 0 Å². The average molecular weight is 308 g/mol. The number of nitrogens with one attached hydrogen (secondary N) is 1. The van der Waals surface area contributed by atoms with Crippen molar-refractivity contribution in [3.63, 3.8) is 0 Å². The second-order valence-electron chi connectivity index (χ2n) is 5.16. The van der Waals surface area contributed by atoms with Gasteiger partial charge in [-0.1, -0.05) is 11.6 Å². The summed E-state index contributed by atoms with van der Waals surface area (Å²) < 4.78 is 36.4. The van der Waals surface area contributed by atoms with Crippen LogP contribution in [0, 0.1) is 5.82 Å². The molecular weight excluding hydrogens is 289 g/mol. The summed E-state index contributed by atoms with van der Waals surface area (Å²) in [4.78, 5) is 0. The van der Waals surface area contributed by atoms with Crippen LogP contribution in [0.15, 0.2) is 18.2 Å². The molecule has 0 aliphatic heterocycles. The smallest absolute Gasteiger partial charge is 0.154 e. The number of sulfone groups is 1. The molecular formula is C13H19ClFNO2S. The van der Waals surface area contributed by atoms with E-state index in [-0.39, 0.29) is 12.2 Å². The maximum Gasteiger partial charge on any atom is 0.154 e. The number of likely N-dealkylation sites (N-methyl/N-ethyl adjacent to an activating group) is 1. The van der Waals surface area contributed by atoms with E-state index >= 15 is 0 Å². The van der Waals surface area contributed by atoms with Gasteiger partial charge in [-0.2, -0.15) is 0 Å². The van der Waals surface area contributed by atoms with Crippen molar-refractivity contribution in [3.05, 3.63) is 34.6 Å². The van der Waals surface area contributed by atoms with E-state index in [0.717, 1.165) is 0 Å². The number of hydrogen-bond acceptors (Lipinski definition) is 3. The molecule has 1 unspecified atom stereocenters. The predicted octanol–water partition coefficient (Wildman–Crippen LogP) is 2.43. The minimum absolute atomic E-state index is 0.253. The summed E-state index contributed by atoms with van der Waals surface area (Å²) in [5.41, 5.74) is 0.406. The third-order valence-electron chi connectivity index (χ3n) is 3.58. The van der Waals surface area contributed by atoms with Gasteiger partial charge < -0.3 is 5.32 Å². The lowest BCUT2D eigenvalue weighted by molar-refractivity contribution is 0.425. The van der Waals surface area contributed by atoms with E-state index in [1.807, 2.05) is 0 Å². The molecule has 0 amide bonds. The van der Waals surface area contributed by atoms with E-state index in [1.165, 1.54) is 24.5 Å². The zero-order chi connectivity index (χ0) is 14.8. The summed E-state index contributed by atoms with van der Waals surface area (Å²) in [6.07, 6.45) is 1.44. The van der Waals surface area contributed by atoms with Crippen LogP contribution in [0.25, 0.3) is 0 Å². The number of benzene rings is 1. The van der Waals surface area contributed by atoms with Crippen LogP contribution >= 0.6 is 11.6 Å². The molecule has 1 N–H and O–H groups in total. The highest BCUT2D eigenvalue weighted by Gasteiger charge is 2.38. The second-order valence-corrected chi connectivity index (χ2v) is 8.19. The van der Waals surface area contributed by atoms with E-state index < -0.39 is 20.6 Å². The Hall–Kier alpha value is -0.650. The zero-order valence-electron chi connectivity index (χ0n) is 11.5. The molecule has 0 aromatic heterocycles. The number of halogens is 2. The van der Waals surface area contributed by atoms with Crippen LogP contribution in [0.1, 0.15) is 19.4 Å². The fourth-order valence-corrected chi connectivity index (χ4v) is 2.79. The van der Waals surface area contributed by atoms with Gasteiger partial charge in [-0.3, -0.25) is 0 Å². The van der Waals surface area contributed by atoms with E-state index in [4.69, 9.17) is 11.6 Å². The van der Waals surface area contributed by atoms with Crippen LogP contribution < -0.4 is 5.32 Å². The first-order chi connectivity index (χ1) is 8.59. The van der Waals surface area contributed by atoms with Crippen molar-refractivity contribution in [1.82, 2.24) is 5.32 Å². The van der Waals surface area contributed by atoms with Crippen LogP contribution in [0.5, 0.6) is 0 Å². The van der Waals surface area contributed by atoms with Crippen molar-refractivity contribution in [2.24, 2.45) is 0 Å². The topological polar surface area (TPSA) is 46.2 Å². The Bertz CT molecular complexity index is 558. The van der Waals surface area contributed by atoms with Crippen LogP contribution in [0.3, 0.4) is 0 Å². The molecule has 108 valence electrons. The zero-order valence-corrected chi connectivity index (χ0v) is 13.1. The van der Waals surface area contributed by atoms with Crippen molar-refractivity contribution in [2.45, 2.75) is 31.1 Å². The van der Waals surface area contributed by atoms with Gasteiger partial charge in [0.05, 0.1) is 4.75 Å². The molecule has 19 heavy (non-hydrogen) atoms. The molecule has 0 heterocycles. The van der Waals surface area contributed by atoms with Crippen molar-refractivity contribution < 1.29 is 12.8 Å². The largest absolute Gasteiger partial charge is 0.315 e. The highest BCUT2D eigenvalue weighted by molar-refractivity contribution is 7.92. The Morgan fingerprint density at radius 2 is 2.00 bits per heavy atom. The molecule has 0 bridgehead atoms. The minimum Gasteiger partial charge on any atom is -0.315 e. The van der Waals surface area contributed by atoms with Crippen molar-refractivity contribution in [1.29, 1.82) is 0 Å². The van der Waals surface area contributed by atoms with E-state index in [1.54, 1.807) is 20.9 Å². The Kier molecular flexibility index (Phi) is 4.98. The van der Waals surface area contributed by atoms with Gasteiger partial charge in [0.1, 0.15) is 5.82 Å². The van der Waals surface area contributed by atoms with E-state index in [9.17, 15) is 12.8 Å². The Labute approximate surface area is 119 Å². The minimum atomic E-state index is -3.27. The molecule has 3 nitrogen and oxygen atoms in total. The SMILES string of the molecule is CNC(Cc1cc(Cl)ccc1F)C(C)(C)S(C)(=O)=O. The molecule has 0 saturated carbocycles. The molecule has 1 atom stereocenters. The highest BCUT2D eigenvalue weighted by atomic mass is 35.5. The van der Waals surface area contributed by atoms with Gasteiger partial charge in [0.25, 0.3) is 0 Å². The van der Waals surface area contributed by atoms with Crippen molar-refractivity contribution in [2.75, 3.05) is 13.3 Å². The van der Waals surface area contributed by atoms with Gasteiger partial charge in [-0.05, 0) is 51.1 Å². The molecule has 0 aliphatic rings. The van der Waals surface area contributed by atoms with E-state index in [2.05, 4.69) is 5.32 Å². The lowest BCUT2D eigenvalue weighted by Gasteiger charge is -2.32. The summed E-state index contributed by atoms with van der Waals surface area (Å²) in [5.74, 6) is -0.381. The summed E-state index contributed by atoms with van der Waals surface area (Å²) in [5, 5.41) is 3.39. The molecule has 0 spiro atoms. The Morgan fingerprint density at radius 1 is 1.42 bits per heavy atom. The van der Waals surface area contributed by atoms with Crippen LogP contribution in [-0.4, -0.2) is 32.5 Å². The van der Waals surface area contributed by atoms with Gasteiger partial charge in [-0.15, -0.1) is 0 Å². The molecule has 0 fully saturated rings. The van der Waals surface area contributed by atoms with Gasteiger partial charge in [0.15, 0.2) is 9.84 Å². The summed E-state index contributed by atoms with van der Waals surface area (Å²) in [6, 6.07) is 3.88. The molecule has 1 rings (SSSR count). The standard InChI is InChI=1S/C13H19ClFNO2S/c1-13(2,19(4,17)18)12(16-3)8-9-7-10(14)5-6-11(9)15/h5-7,12,16H,8H2,1-4H3. The van der Waals surface area contributed by atoms with Crippen LogP contribution in [-0.2, 0) is 16.3 Å². The molecule has 0 saturated heterocycles. The Balaban J connectivity index is 3.10. The predicted molar refractivity (Wildman–Crippen MR) is 76.9 cm³/mol. The van der Waals surface area contributed by atoms with Crippen LogP contribution in [0.4, 0.5) is 4.39 Å². The molecule has 6 heteroatoms. The van der Waals surface area contributed by atoms with Crippen LogP contribution in [0.2, 0.25) is 5.02 Å². The normalized spacial score (nSPS) is 14.4. The van der Waals surface area contributed by atoms with Gasteiger partial charge in [-0.25, -0.2) is 12.8 Å². The fraction of sp³-hybridized carbons (Fsp3) is 0.538. The summed E-state index contributed by atoms with van der Waals surface area (Å²) in [7, 11) is -1.61. The fourth-order valence-electron chi connectivity index (χ4n) is 1.87. The lowest BCUT2D eigenvalue weighted by Crippen LogP contribution is -2.51. The molecule has 1 aromatic carbocycles. The maximum atomic E-state index is 13.7. The third kappa shape index (κ3) is 3.68. The highest BCUT2D eigenvalue weighted by Crippen LogP contribution is 2.25. The van der Waals surface area contributed by atoms with E-state index in [0.29, 0.717) is 10.6 Å². The molecule has 0 radical (unpaired) electrons. The second kappa shape index (κ2) is 5.77. The van der Waals surface area contributed by atoms with Crippen molar-refractivity contribution >= 4 is 21.4 Å². The van der Waals surface area contributed by atoms with Gasteiger partial charge in [0.2, 0.25) is 0 Å². The summed E-state index contributed by atoms with van der Waals surface area (Å²) in [6.45, 7) is 3.26. The third-order valence-corrected chi connectivity index (χ3v) is 6.01. The summed E-state index contributed by atoms with van der Waals surface area (Å²) >= 11 is 5.84. The average Bonchev–Trinajstić information content (AvgIpc) is 2.28. The first-order valence-electron chi connectivity index (χ1n) is 5.90. The first kappa shape index (κ1) is 16.4. The maximum absolute atomic E-state index is 13.7. The first-order valence-corrected chi connectivity index (χ1v) is 8.17. The lowest BCUT2D eigenvalue weighted by atomic mass is 9.95. The monoisotopic (exact) mass is 307 g/mol. The molecule has 0 aliphatic carbocycles. The quantitative estimate of drug-likeness (QED) is 0.909.